The predicted octanol–water partition coefficient (Wildman–Crippen LogP) is 4.29. The average molecular weight is 694 g/mol. The van der Waals surface area contributed by atoms with E-state index < -0.39 is 18.2 Å². The van der Waals surface area contributed by atoms with Crippen LogP contribution in [0.3, 0.4) is 0 Å². The van der Waals surface area contributed by atoms with E-state index in [-0.39, 0.29) is 41.9 Å². The molecular formula is C38H43N7O6. The number of nitrogens with one attached hydrogen (secondary N) is 6. The van der Waals surface area contributed by atoms with Crippen molar-refractivity contribution in [3.8, 4) is 11.1 Å². The monoisotopic (exact) mass is 693 g/mol. The molecule has 1 aliphatic heterocycles. The van der Waals surface area contributed by atoms with E-state index in [0.717, 1.165) is 52.4 Å². The van der Waals surface area contributed by atoms with Gasteiger partial charge in [-0.05, 0) is 104 Å². The summed E-state index contributed by atoms with van der Waals surface area (Å²) in [5, 5.41) is 30.8. The minimum Gasteiger partial charge on any atom is -0.465 e. The molecule has 5 amide bonds. The number of nitrogens with zero attached hydrogens (tertiary/aromatic N) is 1. The third-order valence-corrected chi connectivity index (χ3v) is 9.89. The maximum absolute atomic E-state index is 13.7. The number of benzene rings is 3. The number of carbonyl (C=O) groups is 5. The highest BCUT2D eigenvalue weighted by Gasteiger charge is 2.30. The maximum Gasteiger partial charge on any atom is 0.404 e. The summed E-state index contributed by atoms with van der Waals surface area (Å²) in [7, 11) is 0. The fraction of sp³-hybridized carbons (Fsp3) is 0.368. The van der Waals surface area contributed by atoms with E-state index in [1.807, 2.05) is 49.4 Å². The summed E-state index contributed by atoms with van der Waals surface area (Å²) in [5.74, 6) is -1.07. The van der Waals surface area contributed by atoms with Gasteiger partial charge in [-0.15, -0.1) is 0 Å². The van der Waals surface area contributed by atoms with Crippen molar-refractivity contribution in [2.24, 2.45) is 11.8 Å². The number of H-pyrrole nitrogens is 1. The Labute approximate surface area is 295 Å². The molecule has 4 aromatic rings. The number of piperidine rings is 1. The van der Waals surface area contributed by atoms with Crippen LogP contribution in [0.5, 0.6) is 0 Å². The van der Waals surface area contributed by atoms with Crippen molar-refractivity contribution in [3.63, 3.8) is 0 Å². The molecule has 0 bridgehead atoms. The van der Waals surface area contributed by atoms with Crippen molar-refractivity contribution in [2.45, 2.75) is 64.0 Å². The fourth-order valence-electron chi connectivity index (χ4n) is 6.94. The Kier molecular flexibility index (Phi) is 10.9. The van der Waals surface area contributed by atoms with E-state index >= 15 is 0 Å². The number of hydrogen-bond acceptors (Lipinski definition) is 6. The molecule has 3 aromatic carbocycles. The Morgan fingerprint density at radius 3 is 2.47 bits per heavy atom. The van der Waals surface area contributed by atoms with Crippen LogP contribution in [0.2, 0.25) is 0 Å². The van der Waals surface area contributed by atoms with Gasteiger partial charge in [0.15, 0.2) is 0 Å². The lowest BCUT2D eigenvalue weighted by Crippen LogP contribution is -2.50. The summed E-state index contributed by atoms with van der Waals surface area (Å²) in [6.45, 7) is 2.92. The molecule has 1 unspecified atom stereocenters. The molecular weight excluding hydrogens is 650 g/mol. The van der Waals surface area contributed by atoms with Gasteiger partial charge in [0.1, 0.15) is 12.1 Å². The minimum absolute atomic E-state index is 0.159. The molecule has 0 radical (unpaired) electrons. The Bertz CT molecular complexity index is 1920. The molecule has 1 saturated carbocycles. The number of rotatable bonds is 11. The molecule has 2 fully saturated rings. The van der Waals surface area contributed by atoms with Gasteiger partial charge in [-0.2, -0.15) is 5.10 Å². The van der Waals surface area contributed by atoms with Gasteiger partial charge in [-0.1, -0.05) is 30.3 Å². The number of aryl methyl sites for hydroxylation is 1. The summed E-state index contributed by atoms with van der Waals surface area (Å²) >= 11 is 0. The summed E-state index contributed by atoms with van der Waals surface area (Å²) in [5.41, 5.74) is 5.46. The van der Waals surface area contributed by atoms with Crippen molar-refractivity contribution in [3.05, 3.63) is 83.6 Å². The molecule has 266 valence electrons. The maximum atomic E-state index is 13.7. The predicted molar refractivity (Wildman–Crippen MR) is 192 cm³/mol. The van der Waals surface area contributed by atoms with Crippen LogP contribution in [0.25, 0.3) is 22.0 Å². The number of fused-ring (bicyclic) bond motifs is 1. The van der Waals surface area contributed by atoms with E-state index in [1.54, 1.807) is 24.4 Å². The van der Waals surface area contributed by atoms with Crippen molar-refractivity contribution in [2.75, 3.05) is 18.4 Å². The summed E-state index contributed by atoms with van der Waals surface area (Å²) < 4.78 is 0. The highest BCUT2D eigenvalue weighted by Crippen LogP contribution is 2.29. The second-order valence-electron chi connectivity index (χ2n) is 13.5. The summed E-state index contributed by atoms with van der Waals surface area (Å²) in [6, 6.07) is 17.3. The Morgan fingerprint density at radius 1 is 0.961 bits per heavy atom. The first-order valence-corrected chi connectivity index (χ1v) is 17.4. The van der Waals surface area contributed by atoms with Gasteiger partial charge in [0, 0.05) is 42.1 Å². The quantitative estimate of drug-likeness (QED) is 0.122. The number of aromatic amines is 1. The Morgan fingerprint density at radius 2 is 1.75 bits per heavy atom. The highest BCUT2D eigenvalue weighted by molar-refractivity contribution is 5.99. The van der Waals surface area contributed by atoms with Crippen molar-refractivity contribution < 1.29 is 29.1 Å². The van der Waals surface area contributed by atoms with E-state index in [2.05, 4.69) is 36.8 Å². The molecule has 1 aliphatic carbocycles. The lowest BCUT2D eigenvalue weighted by Gasteiger charge is -2.29. The first-order chi connectivity index (χ1) is 24.6. The smallest absolute Gasteiger partial charge is 0.404 e. The van der Waals surface area contributed by atoms with E-state index in [1.165, 1.54) is 0 Å². The molecule has 51 heavy (non-hydrogen) atoms. The molecule has 1 saturated heterocycles. The molecule has 2 heterocycles. The molecule has 1 aromatic heterocycles. The normalized spacial score (nSPS) is 19.4. The number of carboxylic acid groups (broad SMARTS) is 1. The van der Waals surface area contributed by atoms with Crippen LogP contribution in [0.4, 0.5) is 10.5 Å². The summed E-state index contributed by atoms with van der Waals surface area (Å²) in [6.07, 6.45) is 5.03. The van der Waals surface area contributed by atoms with Crippen LogP contribution >= 0.6 is 0 Å². The number of hydrogen-bond donors (Lipinski definition) is 7. The van der Waals surface area contributed by atoms with Crippen molar-refractivity contribution in [1.82, 2.24) is 31.5 Å². The number of aromatic nitrogens is 2. The average Bonchev–Trinajstić information content (AvgIpc) is 3.60. The van der Waals surface area contributed by atoms with Crippen molar-refractivity contribution >= 4 is 46.3 Å². The van der Waals surface area contributed by atoms with E-state index in [0.29, 0.717) is 43.6 Å². The fourth-order valence-corrected chi connectivity index (χ4v) is 6.94. The van der Waals surface area contributed by atoms with Crippen LogP contribution in [0.15, 0.2) is 66.9 Å². The number of amides is 5. The largest absolute Gasteiger partial charge is 0.465 e. The summed E-state index contributed by atoms with van der Waals surface area (Å²) in [4.78, 5) is 63.1. The first kappa shape index (κ1) is 35.1. The second-order valence-corrected chi connectivity index (χ2v) is 13.5. The van der Waals surface area contributed by atoms with Gasteiger partial charge in [0.25, 0.3) is 5.91 Å². The van der Waals surface area contributed by atoms with Crippen LogP contribution in [-0.4, -0.2) is 70.2 Å². The second kappa shape index (κ2) is 15.9. The molecule has 13 heteroatoms. The van der Waals surface area contributed by atoms with Gasteiger partial charge in [0.05, 0.1) is 11.7 Å². The zero-order valence-corrected chi connectivity index (χ0v) is 28.5. The zero-order chi connectivity index (χ0) is 35.9. The molecule has 2 aliphatic rings. The van der Waals surface area contributed by atoms with Crippen LogP contribution in [0.1, 0.15) is 60.0 Å². The van der Waals surface area contributed by atoms with E-state index in [9.17, 15) is 24.0 Å². The van der Waals surface area contributed by atoms with Gasteiger partial charge in [-0.3, -0.25) is 24.3 Å². The Hall–Kier alpha value is -5.72. The molecule has 13 nitrogen and oxygen atoms in total. The Balaban J connectivity index is 1.13. The standard InChI is InChI=1S/C38H43N7O6/c1-22-17-27(35(47)43-31-3-2-16-39-36(31)48)13-15-30(22)25-8-4-23(5-9-25)18-33(37(49)42-29-14-12-28-21-41-45-32(28)19-29)44-34(46)26-10-6-24(7-11-26)20-40-38(50)51/h4-5,8-9,12-15,17,19,21,24,26,31,33,40H,2-3,6-7,10-11,16,18,20H2,1H3,(H,39,48)(H,41,45)(H,42,49)(H,43,47)(H,44,46)(H,50,51)/t24?,26?,31?,33-/m0/s1. The van der Waals surface area contributed by atoms with E-state index in [4.69, 9.17) is 5.11 Å². The third-order valence-electron chi connectivity index (χ3n) is 9.89. The third kappa shape index (κ3) is 8.91. The van der Waals surface area contributed by atoms with Gasteiger partial charge in [-0.25, -0.2) is 4.79 Å². The lowest BCUT2D eigenvalue weighted by atomic mass is 9.81. The van der Waals surface area contributed by atoms with Gasteiger partial charge < -0.3 is 31.7 Å². The number of anilines is 1. The van der Waals surface area contributed by atoms with Crippen molar-refractivity contribution in [1.29, 1.82) is 0 Å². The topological polar surface area (TPSA) is 194 Å². The van der Waals surface area contributed by atoms with Crippen LogP contribution in [-0.2, 0) is 20.8 Å². The zero-order valence-electron chi connectivity index (χ0n) is 28.5. The van der Waals surface area contributed by atoms with Gasteiger partial charge >= 0.3 is 6.09 Å². The van der Waals surface area contributed by atoms with Gasteiger partial charge in [0.2, 0.25) is 17.7 Å². The van der Waals surface area contributed by atoms with Crippen LogP contribution < -0.4 is 26.6 Å². The highest BCUT2D eigenvalue weighted by atomic mass is 16.4. The molecule has 6 rings (SSSR count). The molecule has 7 N–H and O–H groups in total. The molecule has 0 spiro atoms. The number of carbonyl (C=O) groups excluding carboxylic acids is 4. The first-order valence-electron chi connectivity index (χ1n) is 17.4. The van der Waals surface area contributed by atoms with Crippen LogP contribution in [0, 0.1) is 18.8 Å². The lowest BCUT2D eigenvalue weighted by molar-refractivity contribution is -0.130. The minimum atomic E-state index is -1.05. The SMILES string of the molecule is Cc1cc(C(=O)NC2CCCNC2=O)ccc1-c1ccc(C[C@H](NC(=O)C2CCC(CNC(=O)O)CC2)C(=O)Nc2ccc3cn[nH]c3c2)cc1. The molecule has 2 atom stereocenters.